The van der Waals surface area contributed by atoms with Crippen molar-refractivity contribution in [3.05, 3.63) is 53.7 Å². The smallest absolute Gasteiger partial charge is 0.367 e. The summed E-state index contributed by atoms with van der Waals surface area (Å²) in [6.07, 6.45) is -2.00. The molecule has 6 nitrogen and oxygen atoms in total. The summed E-state index contributed by atoms with van der Waals surface area (Å²) in [6.45, 7) is 0.495. The molecule has 2 heterocycles. The minimum absolute atomic E-state index is 0.0134. The van der Waals surface area contributed by atoms with Crippen LogP contribution in [0.15, 0.2) is 47.5 Å². The van der Waals surface area contributed by atoms with E-state index in [4.69, 9.17) is 5.26 Å². The maximum Gasteiger partial charge on any atom is 0.416 e. The minimum atomic E-state index is -4.51. The van der Waals surface area contributed by atoms with Crippen LogP contribution in [0.2, 0.25) is 0 Å². The van der Waals surface area contributed by atoms with Gasteiger partial charge in [-0.05, 0) is 49.2 Å². The number of aromatic nitrogens is 1. The number of nitrogens with zero attached hydrogens (tertiary/aromatic N) is 3. The first-order valence-electron chi connectivity index (χ1n) is 8.50. The number of pyridine rings is 1. The highest BCUT2D eigenvalue weighted by molar-refractivity contribution is 7.89. The Morgan fingerprint density at radius 2 is 1.75 bits per heavy atom. The third-order valence-corrected chi connectivity index (χ3v) is 6.43. The summed E-state index contributed by atoms with van der Waals surface area (Å²) in [5.74, 6) is 0.600. The lowest BCUT2D eigenvalue weighted by Gasteiger charge is -2.31. The Morgan fingerprint density at radius 3 is 2.25 bits per heavy atom. The van der Waals surface area contributed by atoms with Crippen LogP contribution in [0.5, 0.6) is 0 Å². The lowest BCUT2D eigenvalue weighted by Crippen LogP contribution is -2.42. The predicted molar refractivity (Wildman–Crippen MR) is 95.8 cm³/mol. The van der Waals surface area contributed by atoms with Crippen molar-refractivity contribution >= 4 is 15.8 Å². The van der Waals surface area contributed by atoms with Gasteiger partial charge in [-0.2, -0.15) is 22.7 Å². The van der Waals surface area contributed by atoms with Crippen LogP contribution in [0.25, 0.3) is 0 Å². The number of rotatable bonds is 4. The first-order valence-corrected chi connectivity index (χ1v) is 9.94. The number of alkyl halides is 3. The fourth-order valence-electron chi connectivity index (χ4n) is 2.96. The molecular formula is C18H17F3N4O2S. The van der Waals surface area contributed by atoms with Gasteiger partial charge in [0, 0.05) is 25.3 Å². The van der Waals surface area contributed by atoms with Gasteiger partial charge in [-0.3, -0.25) is 0 Å². The molecular weight excluding hydrogens is 393 g/mol. The molecule has 0 radical (unpaired) electrons. The summed E-state index contributed by atoms with van der Waals surface area (Å²) in [5, 5.41) is 12.0. The zero-order valence-corrected chi connectivity index (χ0v) is 15.5. The van der Waals surface area contributed by atoms with Crippen LogP contribution < -0.4 is 5.32 Å². The molecule has 1 aromatic heterocycles. The lowest BCUT2D eigenvalue weighted by atomic mass is 10.1. The lowest BCUT2D eigenvalue weighted by molar-refractivity contribution is -0.137. The molecule has 10 heteroatoms. The van der Waals surface area contributed by atoms with Gasteiger partial charge in [-0.1, -0.05) is 0 Å². The molecule has 1 N–H and O–H groups in total. The Hall–Kier alpha value is -2.64. The van der Waals surface area contributed by atoms with Crippen LogP contribution in [0.1, 0.15) is 24.0 Å². The number of anilines is 1. The Labute approximate surface area is 160 Å². The van der Waals surface area contributed by atoms with Crippen LogP contribution in [-0.4, -0.2) is 36.8 Å². The zero-order chi connectivity index (χ0) is 20.4. The van der Waals surface area contributed by atoms with Crippen molar-refractivity contribution in [2.24, 2.45) is 0 Å². The Kier molecular flexibility index (Phi) is 5.58. The molecule has 0 bridgehead atoms. The summed E-state index contributed by atoms with van der Waals surface area (Å²) in [7, 11) is -3.84. The summed E-state index contributed by atoms with van der Waals surface area (Å²) in [4.78, 5) is 3.98. The minimum Gasteiger partial charge on any atom is -0.367 e. The summed E-state index contributed by atoms with van der Waals surface area (Å²) < 4.78 is 64.5. The van der Waals surface area contributed by atoms with Crippen molar-refractivity contribution in [1.82, 2.24) is 9.29 Å². The van der Waals surface area contributed by atoms with Crippen molar-refractivity contribution in [3.63, 3.8) is 0 Å². The molecule has 28 heavy (non-hydrogen) atoms. The topological polar surface area (TPSA) is 86.1 Å². The summed E-state index contributed by atoms with van der Waals surface area (Å²) in [6, 6.07) is 8.85. The first kappa shape index (κ1) is 20.1. The van der Waals surface area contributed by atoms with Crippen LogP contribution in [-0.2, 0) is 16.2 Å². The molecule has 0 spiro atoms. The molecule has 1 aromatic carbocycles. The maximum absolute atomic E-state index is 12.7. The molecule has 0 atom stereocenters. The Morgan fingerprint density at radius 1 is 1.11 bits per heavy atom. The molecule has 0 amide bonds. The SMILES string of the molecule is N#Cc1ccc(NC2CCN(S(=O)(=O)c3ccc(C(F)(F)F)cc3)CC2)nc1. The molecule has 0 aliphatic carbocycles. The van der Waals surface area contributed by atoms with Crippen molar-refractivity contribution in [3.8, 4) is 6.07 Å². The van der Waals surface area contributed by atoms with Crippen LogP contribution in [0.4, 0.5) is 19.0 Å². The molecule has 3 rings (SSSR count). The molecule has 0 saturated carbocycles. The molecule has 148 valence electrons. The van der Waals surface area contributed by atoms with E-state index < -0.39 is 21.8 Å². The fourth-order valence-corrected chi connectivity index (χ4v) is 4.43. The van der Waals surface area contributed by atoms with Crippen molar-refractivity contribution in [2.75, 3.05) is 18.4 Å². The maximum atomic E-state index is 12.7. The molecule has 2 aromatic rings. The van der Waals surface area contributed by atoms with E-state index in [9.17, 15) is 21.6 Å². The van der Waals surface area contributed by atoms with E-state index in [1.54, 1.807) is 12.1 Å². The summed E-state index contributed by atoms with van der Waals surface area (Å²) >= 11 is 0. The van der Waals surface area contributed by atoms with Crippen LogP contribution in [0, 0.1) is 11.3 Å². The van der Waals surface area contributed by atoms with Gasteiger partial charge in [-0.25, -0.2) is 13.4 Å². The Bertz CT molecular complexity index is 960. The fraction of sp³-hybridized carbons (Fsp3) is 0.333. The van der Waals surface area contributed by atoms with Gasteiger partial charge in [0.1, 0.15) is 11.9 Å². The van der Waals surface area contributed by atoms with Gasteiger partial charge in [0.05, 0.1) is 16.0 Å². The standard InChI is InChI=1S/C18H17F3N4O2S/c19-18(20,21)14-2-4-16(5-3-14)28(26,27)25-9-7-15(8-10-25)24-17-6-1-13(11-22)12-23-17/h1-6,12,15H,7-10H2,(H,23,24). The van der Waals surface area contributed by atoms with Gasteiger partial charge in [0.15, 0.2) is 0 Å². The number of sulfonamides is 1. The second kappa shape index (κ2) is 7.77. The van der Waals surface area contributed by atoms with E-state index >= 15 is 0 Å². The van der Waals surface area contributed by atoms with Gasteiger partial charge in [0.2, 0.25) is 10.0 Å². The van der Waals surface area contributed by atoms with Gasteiger partial charge < -0.3 is 5.32 Å². The van der Waals surface area contributed by atoms with Crippen LogP contribution in [0.3, 0.4) is 0 Å². The Balaban J connectivity index is 1.62. The second-order valence-corrected chi connectivity index (χ2v) is 8.33. The van der Waals surface area contributed by atoms with Crippen molar-refractivity contribution in [2.45, 2.75) is 30.0 Å². The first-order chi connectivity index (χ1) is 13.2. The molecule has 1 aliphatic rings. The van der Waals surface area contributed by atoms with Gasteiger partial charge >= 0.3 is 6.18 Å². The van der Waals surface area contributed by atoms with E-state index in [-0.39, 0.29) is 24.0 Å². The van der Waals surface area contributed by atoms with E-state index in [1.165, 1.54) is 10.5 Å². The van der Waals surface area contributed by atoms with Crippen molar-refractivity contribution < 1.29 is 21.6 Å². The molecule has 1 saturated heterocycles. The number of hydrogen-bond donors (Lipinski definition) is 1. The molecule has 0 unspecified atom stereocenters. The van der Waals surface area contributed by atoms with E-state index in [2.05, 4.69) is 10.3 Å². The number of benzene rings is 1. The normalized spacial score (nSPS) is 16.5. The van der Waals surface area contributed by atoms with Gasteiger partial charge in [0.25, 0.3) is 0 Å². The largest absolute Gasteiger partial charge is 0.416 e. The van der Waals surface area contributed by atoms with E-state index in [0.717, 1.165) is 24.3 Å². The third kappa shape index (κ3) is 4.43. The molecule has 1 aliphatic heterocycles. The number of halogens is 3. The highest BCUT2D eigenvalue weighted by Crippen LogP contribution is 2.30. The second-order valence-electron chi connectivity index (χ2n) is 6.39. The highest BCUT2D eigenvalue weighted by atomic mass is 32.2. The van der Waals surface area contributed by atoms with Crippen molar-refractivity contribution in [1.29, 1.82) is 5.26 Å². The number of nitrogens with one attached hydrogen (secondary N) is 1. The predicted octanol–water partition coefficient (Wildman–Crippen LogP) is 3.24. The van der Waals surface area contributed by atoms with Crippen LogP contribution >= 0.6 is 0 Å². The number of nitriles is 1. The monoisotopic (exact) mass is 410 g/mol. The van der Waals surface area contributed by atoms with Gasteiger partial charge in [-0.15, -0.1) is 0 Å². The highest BCUT2D eigenvalue weighted by Gasteiger charge is 2.33. The number of piperidine rings is 1. The third-order valence-electron chi connectivity index (χ3n) is 4.52. The average Bonchev–Trinajstić information content (AvgIpc) is 2.68. The zero-order valence-electron chi connectivity index (χ0n) is 14.6. The van der Waals surface area contributed by atoms with E-state index in [0.29, 0.717) is 24.2 Å². The average molecular weight is 410 g/mol. The summed E-state index contributed by atoms with van der Waals surface area (Å²) in [5.41, 5.74) is -0.438. The quantitative estimate of drug-likeness (QED) is 0.836. The van der Waals surface area contributed by atoms with E-state index in [1.807, 2.05) is 6.07 Å². The molecule has 1 fully saturated rings. The number of hydrogen-bond acceptors (Lipinski definition) is 5.